The maximum Gasteiger partial charge on any atom is -1.00 e. The molecule has 0 aliphatic carbocycles. The molecule has 0 aliphatic rings. The van der Waals surface area contributed by atoms with E-state index in [1.165, 1.54) is 38.5 Å². The molecule has 0 heterocycles. The van der Waals surface area contributed by atoms with Crippen LogP contribution in [0.15, 0.2) is 0 Å². The van der Waals surface area contributed by atoms with Crippen LogP contribution in [0.25, 0.3) is 0 Å². The maximum absolute atomic E-state index is 4.95. The van der Waals surface area contributed by atoms with Gasteiger partial charge in [-0.15, -0.1) is 0 Å². The van der Waals surface area contributed by atoms with Crippen LogP contribution in [-0.2, 0) is 24.1 Å². The van der Waals surface area contributed by atoms with Crippen molar-refractivity contribution in [2.24, 2.45) is 0 Å². The van der Waals surface area contributed by atoms with Gasteiger partial charge in [0.05, 0.1) is 0 Å². The van der Waals surface area contributed by atoms with E-state index in [0.717, 1.165) is 6.61 Å². The molecule has 0 saturated heterocycles. The Balaban J connectivity index is -0.000000405. The summed E-state index contributed by atoms with van der Waals surface area (Å²) in [4.78, 5) is 0. The van der Waals surface area contributed by atoms with E-state index in [0.29, 0.717) is 0 Å². The third-order valence-electron chi connectivity index (χ3n) is 1.60. The first-order valence-electron chi connectivity index (χ1n) is 4.20. The Morgan fingerprint density at radius 1 is 0.917 bits per heavy atom. The molecule has 0 rings (SSSR count). The van der Waals surface area contributed by atoms with Crippen molar-refractivity contribution in [3.63, 3.8) is 0 Å². The molecule has 0 aromatic heterocycles. The smallest absolute Gasteiger partial charge is 1.00 e. The number of rotatable bonds is 7. The Hall–Kier alpha value is 1.25. The Bertz CT molecular complexity index is 57.0. The number of halogens is 2. The molecule has 73 valence electrons. The zero-order valence-electron chi connectivity index (χ0n) is 7.61. The van der Waals surface area contributed by atoms with Crippen molar-refractivity contribution in [3.05, 3.63) is 0 Å². The Morgan fingerprint density at radius 2 is 1.42 bits per heavy atom. The van der Waals surface area contributed by atoms with Gasteiger partial charge in [-0.3, -0.25) is 0 Å². The maximum atomic E-state index is 4.95. The Kier molecular flexibility index (Phi) is 28.6. The van der Waals surface area contributed by atoms with Crippen molar-refractivity contribution in [1.29, 1.82) is 0 Å². The van der Waals surface area contributed by atoms with Crippen LogP contribution in [0.4, 0.5) is 0 Å². The van der Waals surface area contributed by atoms with Gasteiger partial charge >= 0.3 is 76.2 Å². The minimum Gasteiger partial charge on any atom is -1.00 e. The molecule has 0 saturated carbocycles. The molecule has 0 amide bonds. The molecule has 1 nitrogen and oxygen atoms in total. The standard InChI is InChI=1S/C8H17O.2ClH.Ti/c1-2-3-4-5-6-7-8-9;;;/h2-8H2,1H3;2*1H;/q-1;;;+3/p-2. The Labute approximate surface area is 101 Å². The molecule has 4 heteroatoms. The molecule has 12 heavy (non-hydrogen) atoms. The first kappa shape index (κ1) is 18.9. The van der Waals surface area contributed by atoms with Gasteiger partial charge in [0.25, 0.3) is 0 Å². The summed E-state index contributed by atoms with van der Waals surface area (Å²) >= 11 is 1.77. The van der Waals surface area contributed by atoms with Crippen molar-refractivity contribution in [1.82, 2.24) is 0 Å². The molecule has 0 aromatic carbocycles. The predicted molar refractivity (Wildman–Crippen MR) is 39.3 cm³/mol. The molecule has 0 aromatic rings. The number of hydrogen-bond donors (Lipinski definition) is 0. The normalized spacial score (nSPS) is 8.58. The van der Waals surface area contributed by atoms with Gasteiger partial charge in [0.2, 0.25) is 0 Å². The summed E-state index contributed by atoms with van der Waals surface area (Å²) in [7, 11) is 0. The average Bonchev–Trinajstić information content (AvgIpc) is 1.97. The molecule has 0 unspecified atom stereocenters. The fraction of sp³-hybridized carbons (Fsp3) is 1.00. The molecule has 0 bridgehead atoms. The van der Waals surface area contributed by atoms with E-state index in [9.17, 15) is 0 Å². The molecule has 0 spiro atoms. The van der Waals surface area contributed by atoms with Crippen LogP contribution in [0.5, 0.6) is 0 Å². The summed E-state index contributed by atoms with van der Waals surface area (Å²) in [5.41, 5.74) is 0. The fourth-order valence-corrected chi connectivity index (χ4v) is 1.18. The van der Waals surface area contributed by atoms with Crippen molar-refractivity contribution >= 4 is 0 Å². The van der Waals surface area contributed by atoms with E-state index in [2.05, 4.69) is 6.92 Å². The van der Waals surface area contributed by atoms with E-state index in [1.807, 2.05) is 0 Å². The second kappa shape index (κ2) is 18.1. The van der Waals surface area contributed by atoms with E-state index in [1.54, 1.807) is 20.8 Å². The second-order valence-electron chi connectivity index (χ2n) is 2.62. The molecule has 0 fully saturated rings. The van der Waals surface area contributed by atoms with Crippen molar-refractivity contribution in [2.45, 2.75) is 45.4 Å². The summed E-state index contributed by atoms with van der Waals surface area (Å²) < 4.78 is 4.95. The van der Waals surface area contributed by atoms with Crippen LogP contribution in [0.3, 0.4) is 0 Å². The number of hydrogen-bond acceptors (Lipinski definition) is 1. The van der Waals surface area contributed by atoms with Gasteiger partial charge in [-0.2, -0.15) is 0 Å². The minimum atomic E-state index is 0. The van der Waals surface area contributed by atoms with Crippen LogP contribution in [-0.4, -0.2) is 6.61 Å². The van der Waals surface area contributed by atoms with Gasteiger partial charge < -0.3 is 24.8 Å². The second-order valence-corrected chi connectivity index (χ2v) is 3.07. The zero-order valence-corrected chi connectivity index (χ0v) is 10.7. The number of unbranched alkanes of at least 4 members (excludes halogenated alkanes) is 5. The van der Waals surface area contributed by atoms with Crippen molar-refractivity contribution < 1.29 is 49.0 Å². The summed E-state index contributed by atoms with van der Waals surface area (Å²) in [5.74, 6) is 0. The quantitative estimate of drug-likeness (QED) is 0.341. The van der Waals surface area contributed by atoms with Gasteiger partial charge in [0.1, 0.15) is 0 Å². The average molecular weight is 248 g/mol. The SMILES string of the molecule is CCCCCCCC[O][Ti+2].[Cl-].[Cl-]. The van der Waals surface area contributed by atoms with Crippen LogP contribution in [0.2, 0.25) is 0 Å². The first-order chi connectivity index (χ1) is 4.91. The van der Waals surface area contributed by atoms with Gasteiger partial charge in [-0.1, -0.05) is 0 Å². The molecule has 0 atom stereocenters. The first-order valence-corrected chi connectivity index (χ1v) is 4.84. The van der Waals surface area contributed by atoms with E-state index >= 15 is 0 Å². The van der Waals surface area contributed by atoms with Crippen LogP contribution in [0.1, 0.15) is 45.4 Å². The third kappa shape index (κ3) is 17.4. The van der Waals surface area contributed by atoms with E-state index < -0.39 is 0 Å². The fourth-order valence-electron chi connectivity index (χ4n) is 0.955. The minimum absolute atomic E-state index is 0. The largest absolute Gasteiger partial charge is 1.00 e. The van der Waals surface area contributed by atoms with Gasteiger partial charge in [-0.05, 0) is 0 Å². The molecular weight excluding hydrogens is 231 g/mol. The topological polar surface area (TPSA) is 9.23 Å². The molecular formula is C8H17Cl2OTi. The van der Waals surface area contributed by atoms with E-state index in [4.69, 9.17) is 3.32 Å². The summed E-state index contributed by atoms with van der Waals surface area (Å²) in [5, 5.41) is 0. The summed E-state index contributed by atoms with van der Waals surface area (Å²) in [6.45, 7) is 3.18. The van der Waals surface area contributed by atoms with Crippen LogP contribution >= 0.6 is 0 Å². The van der Waals surface area contributed by atoms with Crippen molar-refractivity contribution in [2.75, 3.05) is 6.61 Å². The van der Waals surface area contributed by atoms with Crippen molar-refractivity contribution in [3.8, 4) is 0 Å². The van der Waals surface area contributed by atoms with Gasteiger partial charge in [0, 0.05) is 0 Å². The Morgan fingerprint density at radius 3 is 1.92 bits per heavy atom. The molecule has 0 radical (unpaired) electrons. The summed E-state index contributed by atoms with van der Waals surface area (Å²) in [6, 6.07) is 0. The third-order valence-corrected chi connectivity index (χ3v) is 1.92. The predicted octanol–water partition coefficient (Wildman–Crippen LogP) is -3.17. The van der Waals surface area contributed by atoms with Gasteiger partial charge in [-0.25, -0.2) is 0 Å². The summed E-state index contributed by atoms with van der Waals surface area (Å²) in [6.07, 6.45) is 8.10. The molecule has 0 aliphatic heterocycles. The van der Waals surface area contributed by atoms with Crippen LogP contribution < -0.4 is 24.8 Å². The van der Waals surface area contributed by atoms with Crippen LogP contribution in [0, 0.1) is 0 Å². The van der Waals surface area contributed by atoms with Gasteiger partial charge in [0.15, 0.2) is 0 Å². The van der Waals surface area contributed by atoms with E-state index in [-0.39, 0.29) is 24.8 Å². The molecule has 0 N–H and O–H groups in total. The zero-order chi connectivity index (χ0) is 7.66. The monoisotopic (exact) mass is 247 g/mol.